The van der Waals surface area contributed by atoms with E-state index >= 15 is 0 Å². The lowest BCUT2D eigenvalue weighted by atomic mass is 9.92. The molecule has 0 amide bonds. The lowest BCUT2D eigenvalue weighted by Gasteiger charge is -2.50. The van der Waals surface area contributed by atoms with Gasteiger partial charge in [0.15, 0.2) is 5.82 Å². The maximum absolute atomic E-state index is 11.1. The Morgan fingerprint density at radius 3 is 2.41 bits per heavy atom. The summed E-state index contributed by atoms with van der Waals surface area (Å²) in [5, 5.41) is 20.4. The van der Waals surface area contributed by atoms with Crippen molar-refractivity contribution < 1.29 is 5.11 Å². The van der Waals surface area contributed by atoms with Crippen molar-refractivity contribution >= 4 is 11.6 Å². The van der Waals surface area contributed by atoms with Crippen LogP contribution < -0.4 is 9.80 Å². The Morgan fingerprint density at radius 2 is 1.75 bits per heavy atom. The van der Waals surface area contributed by atoms with E-state index in [0.29, 0.717) is 13.1 Å². The molecular formula is C25H32N6O. The van der Waals surface area contributed by atoms with E-state index in [0.717, 1.165) is 34.9 Å². The smallest absolute Gasteiger partial charge is 0.154 e. The summed E-state index contributed by atoms with van der Waals surface area (Å²) < 4.78 is 0. The molecule has 0 saturated carbocycles. The minimum Gasteiger partial charge on any atom is -0.388 e. The molecule has 1 aliphatic heterocycles. The van der Waals surface area contributed by atoms with Gasteiger partial charge in [0.1, 0.15) is 5.82 Å². The molecule has 3 heterocycles. The molecule has 0 radical (unpaired) electrons. The van der Waals surface area contributed by atoms with E-state index in [4.69, 9.17) is 0 Å². The third-order valence-corrected chi connectivity index (χ3v) is 6.48. The summed E-state index contributed by atoms with van der Waals surface area (Å²) in [5.41, 5.74) is 3.53. The first-order chi connectivity index (χ1) is 15.3. The van der Waals surface area contributed by atoms with Crippen LogP contribution in [0.3, 0.4) is 0 Å². The second-order valence-corrected chi connectivity index (χ2v) is 9.27. The zero-order valence-corrected chi connectivity index (χ0v) is 19.5. The summed E-state index contributed by atoms with van der Waals surface area (Å²) in [4.78, 5) is 13.1. The predicted molar refractivity (Wildman–Crippen MR) is 127 cm³/mol. The highest BCUT2D eigenvalue weighted by molar-refractivity contribution is 5.54. The molecule has 0 aliphatic carbocycles. The Labute approximate surface area is 190 Å². The van der Waals surface area contributed by atoms with Gasteiger partial charge in [0.2, 0.25) is 0 Å². The van der Waals surface area contributed by atoms with E-state index in [-0.39, 0.29) is 12.1 Å². The Balaban J connectivity index is 1.66. The van der Waals surface area contributed by atoms with Crippen LogP contribution in [0.25, 0.3) is 0 Å². The highest BCUT2D eigenvalue weighted by Crippen LogP contribution is 2.32. The zero-order chi connectivity index (χ0) is 22.9. The SMILES string of the molecule is Cc1c(Cc2ccccc2)nnc(N2C[C@@H](C)N(c3cnccn3)C[C@H]2C(C)(C)O)c1C. The van der Waals surface area contributed by atoms with Crippen LogP contribution in [0.1, 0.15) is 43.2 Å². The molecule has 1 fully saturated rings. The average Bonchev–Trinajstić information content (AvgIpc) is 2.77. The van der Waals surface area contributed by atoms with Crippen LogP contribution in [-0.4, -0.2) is 56.0 Å². The van der Waals surface area contributed by atoms with Gasteiger partial charge >= 0.3 is 0 Å². The molecule has 7 nitrogen and oxygen atoms in total. The first-order valence-corrected chi connectivity index (χ1v) is 11.1. The van der Waals surface area contributed by atoms with Crippen LogP contribution in [-0.2, 0) is 6.42 Å². The lowest BCUT2D eigenvalue weighted by Crippen LogP contribution is -2.64. The molecule has 3 aromatic rings. The summed E-state index contributed by atoms with van der Waals surface area (Å²) in [7, 11) is 0. The van der Waals surface area contributed by atoms with Crippen LogP contribution in [0.15, 0.2) is 48.9 Å². The molecule has 0 bridgehead atoms. The minimum absolute atomic E-state index is 0.173. The van der Waals surface area contributed by atoms with Crippen molar-refractivity contribution in [3.05, 3.63) is 71.3 Å². The number of aromatic nitrogens is 4. The van der Waals surface area contributed by atoms with E-state index in [2.05, 4.69) is 62.9 Å². The monoisotopic (exact) mass is 432 g/mol. The minimum atomic E-state index is -0.939. The number of rotatable bonds is 5. The molecule has 1 N–H and O–H groups in total. The Bertz CT molecular complexity index is 1050. The number of hydrogen-bond donors (Lipinski definition) is 1. The molecule has 32 heavy (non-hydrogen) atoms. The second kappa shape index (κ2) is 8.82. The molecule has 1 aliphatic rings. The van der Waals surface area contributed by atoms with Crippen LogP contribution in [0.5, 0.6) is 0 Å². The summed E-state index contributed by atoms with van der Waals surface area (Å²) in [6.45, 7) is 11.4. The number of aliphatic hydroxyl groups is 1. The highest BCUT2D eigenvalue weighted by atomic mass is 16.3. The molecule has 1 aromatic carbocycles. The van der Waals surface area contributed by atoms with Crippen molar-refractivity contribution in [3.63, 3.8) is 0 Å². The summed E-state index contributed by atoms with van der Waals surface area (Å²) in [6, 6.07) is 10.3. The fourth-order valence-electron chi connectivity index (χ4n) is 4.44. The van der Waals surface area contributed by atoms with E-state index in [1.54, 1.807) is 18.6 Å². The largest absolute Gasteiger partial charge is 0.388 e. The topological polar surface area (TPSA) is 78.3 Å². The fraction of sp³-hybridized carbons (Fsp3) is 0.440. The first-order valence-electron chi connectivity index (χ1n) is 11.1. The van der Waals surface area contributed by atoms with Crippen LogP contribution in [0.4, 0.5) is 11.6 Å². The molecular weight excluding hydrogens is 400 g/mol. The van der Waals surface area contributed by atoms with Crippen molar-refractivity contribution in [2.45, 2.75) is 58.7 Å². The van der Waals surface area contributed by atoms with Gasteiger partial charge < -0.3 is 14.9 Å². The van der Waals surface area contributed by atoms with Crippen LogP contribution in [0.2, 0.25) is 0 Å². The van der Waals surface area contributed by atoms with Gasteiger partial charge in [-0.2, -0.15) is 5.10 Å². The quantitative estimate of drug-likeness (QED) is 0.662. The summed E-state index contributed by atoms with van der Waals surface area (Å²) >= 11 is 0. The van der Waals surface area contributed by atoms with Crippen molar-refractivity contribution in [2.24, 2.45) is 0 Å². The standard InChI is InChI=1S/C25H32N6O/c1-17-15-31(22(25(4,5)32)16-30(17)23-14-26-11-12-27-23)24-19(3)18(2)21(28-29-24)13-20-9-7-6-8-10-20/h6-12,14,17,22,32H,13,15-16H2,1-5H3/t17-,22+/m1/s1. The molecule has 0 spiro atoms. The van der Waals surface area contributed by atoms with Crippen molar-refractivity contribution in [2.75, 3.05) is 22.9 Å². The Hall–Kier alpha value is -3.06. The van der Waals surface area contributed by atoms with Gasteiger partial charge in [-0.1, -0.05) is 30.3 Å². The first kappa shape index (κ1) is 22.1. The Morgan fingerprint density at radius 1 is 1.00 bits per heavy atom. The van der Waals surface area contributed by atoms with Gasteiger partial charge in [0.05, 0.1) is 23.5 Å². The summed E-state index contributed by atoms with van der Waals surface area (Å²) in [5.74, 6) is 1.67. The Kier molecular flexibility index (Phi) is 6.11. The van der Waals surface area contributed by atoms with Crippen LogP contribution >= 0.6 is 0 Å². The number of hydrogen-bond acceptors (Lipinski definition) is 7. The van der Waals surface area contributed by atoms with Gasteiger partial charge in [0, 0.05) is 37.9 Å². The van der Waals surface area contributed by atoms with E-state index in [1.165, 1.54) is 5.56 Å². The maximum atomic E-state index is 11.1. The number of piperazine rings is 1. The van der Waals surface area contributed by atoms with Crippen molar-refractivity contribution in [1.29, 1.82) is 0 Å². The second-order valence-electron chi connectivity index (χ2n) is 9.27. The average molecular weight is 433 g/mol. The van der Waals surface area contributed by atoms with Crippen LogP contribution in [0, 0.1) is 13.8 Å². The maximum Gasteiger partial charge on any atom is 0.154 e. The number of benzene rings is 1. The van der Waals surface area contributed by atoms with E-state index in [1.807, 2.05) is 32.0 Å². The molecule has 1 saturated heterocycles. The number of anilines is 2. The normalized spacial score (nSPS) is 19.3. The molecule has 168 valence electrons. The fourth-order valence-corrected chi connectivity index (χ4v) is 4.44. The molecule has 2 aromatic heterocycles. The number of nitrogens with zero attached hydrogens (tertiary/aromatic N) is 6. The van der Waals surface area contributed by atoms with Gasteiger partial charge in [-0.3, -0.25) is 4.98 Å². The molecule has 4 rings (SSSR count). The van der Waals surface area contributed by atoms with Gasteiger partial charge in [-0.15, -0.1) is 5.10 Å². The third-order valence-electron chi connectivity index (χ3n) is 6.48. The zero-order valence-electron chi connectivity index (χ0n) is 19.5. The van der Waals surface area contributed by atoms with E-state index in [9.17, 15) is 5.11 Å². The van der Waals surface area contributed by atoms with Crippen molar-refractivity contribution in [1.82, 2.24) is 20.2 Å². The molecule has 2 atom stereocenters. The molecule has 7 heteroatoms. The third kappa shape index (κ3) is 4.43. The predicted octanol–water partition coefficient (Wildman–Crippen LogP) is 3.33. The summed E-state index contributed by atoms with van der Waals surface area (Å²) in [6.07, 6.45) is 5.92. The van der Waals surface area contributed by atoms with Gasteiger partial charge in [0.25, 0.3) is 0 Å². The van der Waals surface area contributed by atoms with Gasteiger partial charge in [-0.05, 0) is 51.3 Å². The molecule has 0 unspecified atom stereocenters. The van der Waals surface area contributed by atoms with E-state index < -0.39 is 5.60 Å². The highest BCUT2D eigenvalue weighted by Gasteiger charge is 2.41. The lowest BCUT2D eigenvalue weighted by molar-refractivity contribution is 0.0453. The van der Waals surface area contributed by atoms with Crippen molar-refractivity contribution in [3.8, 4) is 0 Å². The van der Waals surface area contributed by atoms with Gasteiger partial charge in [-0.25, -0.2) is 4.98 Å².